The van der Waals surface area contributed by atoms with Crippen molar-refractivity contribution in [1.29, 1.82) is 0 Å². The Labute approximate surface area is 210 Å². The predicted molar refractivity (Wildman–Crippen MR) is 137 cm³/mol. The van der Waals surface area contributed by atoms with Gasteiger partial charge >= 0.3 is 0 Å². The number of anilines is 1. The number of hydrogen-bond donors (Lipinski definition) is 2. The van der Waals surface area contributed by atoms with Gasteiger partial charge in [-0.25, -0.2) is 8.78 Å². The molecule has 3 aromatic rings. The number of benzene rings is 1. The molecule has 0 unspecified atom stereocenters. The number of aromatic nitrogens is 3. The molecule has 4 heterocycles. The van der Waals surface area contributed by atoms with Gasteiger partial charge in [-0.05, 0) is 43.5 Å². The Hall–Kier alpha value is -3.33. The van der Waals surface area contributed by atoms with Gasteiger partial charge in [0.1, 0.15) is 5.82 Å². The molecule has 2 N–H and O–H groups in total. The molecule has 9 heteroatoms. The molecule has 192 valence electrons. The summed E-state index contributed by atoms with van der Waals surface area (Å²) in [6.07, 6.45) is 8.28. The largest absolute Gasteiger partial charge is 0.494 e. The number of nitrogens with one attached hydrogen (secondary N) is 2. The first-order valence-corrected chi connectivity index (χ1v) is 12.4. The summed E-state index contributed by atoms with van der Waals surface area (Å²) in [6.45, 7) is 8.16. The maximum absolute atomic E-state index is 15.0. The lowest BCUT2D eigenvalue weighted by atomic mass is 9.96. The summed E-state index contributed by atoms with van der Waals surface area (Å²) in [7, 11) is 2.71. The number of H-pyrrole nitrogens is 1. The second kappa shape index (κ2) is 9.97. The highest BCUT2D eigenvalue weighted by molar-refractivity contribution is 5.91. The van der Waals surface area contributed by atoms with E-state index in [4.69, 9.17) is 14.6 Å². The number of likely N-dealkylation sites (tertiary alicyclic amines) is 1. The zero-order valence-electron chi connectivity index (χ0n) is 21.3. The third kappa shape index (κ3) is 4.36. The lowest BCUT2D eigenvalue weighted by Crippen LogP contribution is -2.34. The molecule has 2 aliphatic heterocycles. The molecule has 1 aromatic carbocycles. The summed E-state index contributed by atoms with van der Waals surface area (Å²) >= 11 is 0. The van der Waals surface area contributed by atoms with Crippen molar-refractivity contribution < 1.29 is 18.3 Å². The van der Waals surface area contributed by atoms with Crippen LogP contribution in [0, 0.1) is 18.6 Å². The molecule has 5 rings (SSSR count). The van der Waals surface area contributed by atoms with E-state index in [2.05, 4.69) is 39.1 Å². The number of piperidine rings is 1. The van der Waals surface area contributed by atoms with Crippen molar-refractivity contribution >= 4 is 17.5 Å². The van der Waals surface area contributed by atoms with Crippen molar-refractivity contribution in [2.24, 2.45) is 0 Å². The Kier molecular flexibility index (Phi) is 6.75. The number of aryl methyl sites for hydroxylation is 1. The number of nitrogens with zero attached hydrogens (tertiary/aromatic N) is 3. The normalized spacial score (nSPS) is 16.4. The maximum Gasteiger partial charge on any atom is 0.171 e. The molecule has 0 spiro atoms. The molecule has 0 atom stereocenters. The van der Waals surface area contributed by atoms with Crippen molar-refractivity contribution in [2.45, 2.75) is 39.2 Å². The minimum absolute atomic E-state index is 0.0465. The van der Waals surface area contributed by atoms with Crippen molar-refractivity contribution in [3.05, 3.63) is 58.0 Å². The van der Waals surface area contributed by atoms with Gasteiger partial charge < -0.3 is 24.7 Å². The Morgan fingerprint density at radius 3 is 2.44 bits per heavy atom. The van der Waals surface area contributed by atoms with Crippen molar-refractivity contribution in [3.8, 4) is 11.5 Å². The lowest BCUT2D eigenvalue weighted by Gasteiger charge is -2.31. The maximum atomic E-state index is 15.0. The van der Waals surface area contributed by atoms with Crippen molar-refractivity contribution in [1.82, 2.24) is 19.7 Å². The number of aromatic amines is 1. The minimum Gasteiger partial charge on any atom is -0.494 e. The highest BCUT2D eigenvalue weighted by Gasteiger charge is 2.25. The highest BCUT2D eigenvalue weighted by Crippen LogP contribution is 2.37. The molecule has 0 aliphatic carbocycles. The summed E-state index contributed by atoms with van der Waals surface area (Å²) in [5.41, 5.74) is 4.76. The van der Waals surface area contributed by atoms with Crippen LogP contribution in [0.3, 0.4) is 0 Å². The molecule has 2 aromatic heterocycles. The number of hydrogen-bond acceptors (Lipinski definition) is 5. The van der Waals surface area contributed by atoms with E-state index in [0.29, 0.717) is 12.6 Å². The van der Waals surface area contributed by atoms with Crippen LogP contribution in [0.2, 0.25) is 0 Å². The third-order valence-electron chi connectivity index (χ3n) is 7.45. The Morgan fingerprint density at radius 1 is 1.11 bits per heavy atom. The Balaban J connectivity index is 1.44. The molecule has 1 fully saturated rings. The van der Waals surface area contributed by atoms with Crippen LogP contribution in [0.1, 0.15) is 53.8 Å². The number of halogens is 2. The Bertz CT molecular complexity index is 1260. The van der Waals surface area contributed by atoms with E-state index in [1.165, 1.54) is 20.3 Å². The molecule has 1 saturated heterocycles. The van der Waals surface area contributed by atoms with Gasteiger partial charge in [-0.2, -0.15) is 5.10 Å². The van der Waals surface area contributed by atoms with Crippen molar-refractivity contribution in [3.63, 3.8) is 0 Å². The van der Waals surface area contributed by atoms with Crippen LogP contribution in [0.15, 0.2) is 18.5 Å². The molecule has 0 saturated carbocycles. The van der Waals surface area contributed by atoms with Crippen LogP contribution in [-0.2, 0) is 6.42 Å². The van der Waals surface area contributed by atoms with Crippen LogP contribution >= 0.6 is 0 Å². The fraction of sp³-hybridized carbons (Fsp3) is 0.444. The molecule has 2 aliphatic rings. The van der Waals surface area contributed by atoms with Crippen LogP contribution < -0.4 is 14.8 Å². The van der Waals surface area contributed by atoms with Gasteiger partial charge in [0.15, 0.2) is 23.1 Å². The smallest absolute Gasteiger partial charge is 0.171 e. The van der Waals surface area contributed by atoms with Gasteiger partial charge in [-0.1, -0.05) is 6.92 Å². The minimum atomic E-state index is -0.718. The number of ether oxygens (including phenoxy) is 2. The van der Waals surface area contributed by atoms with Gasteiger partial charge in [-0.3, -0.25) is 4.68 Å². The fourth-order valence-corrected chi connectivity index (χ4v) is 5.28. The number of fused-ring (bicyclic) bond motifs is 1. The van der Waals surface area contributed by atoms with E-state index in [1.54, 1.807) is 6.20 Å². The zero-order valence-corrected chi connectivity index (χ0v) is 21.3. The van der Waals surface area contributed by atoms with Gasteiger partial charge in [0.2, 0.25) is 0 Å². The average Bonchev–Trinajstić information content (AvgIpc) is 3.49. The third-order valence-corrected chi connectivity index (χ3v) is 7.45. The quantitative estimate of drug-likeness (QED) is 0.479. The number of rotatable bonds is 7. The Morgan fingerprint density at radius 2 is 1.81 bits per heavy atom. The summed E-state index contributed by atoms with van der Waals surface area (Å²) in [5.74, 6) is -0.694. The summed E-state index contributed by atoms with van der Waals surface area (Å²) in [6, 6.07) is 1.64. The van der Waals surface area contributed by atoms with Gasteiger partial charge in [0.25, 0.3) is 0 Å². The molecular weight excluding hydrogens is 464 g/mol. The SMILES string of the molecule is CCN1CCC(n2cc(C3=Cc4c(Cc5c(F)c(OC)cc(OC)c5F)c[nH]c4NC3)c(C)n2)CC1. The van der Waals surface area contributed by atoms with E-state index >= 15 is 8.78 Å². The van der Waals surface area contributed by atoms with Crippen LogP contribution in [0.25, 0.3) is 11.6 Å². The zero-order chi connectivity index (χ0) is 25.4. The standard InChI is InChI=1S/C27H33F2N5O2/c1-5-33-8-6-19(7-9-33)34-15-22(16(2)32-34)18-10-20-17(13-30-27(20)31-14-18)11-21-25(28)23(35-3)12-24(36-4)26(21)29/h10,12-13,15,19,30-31H,5-9,11,14H2,1-4H3. The molecule has 7 nitrogen and oxygen atoms in total. The fourth-order valence-electron chi connectivity index (χ4n) is 5.28. The first-order valence-electron chi connectivity index (χ1n) is 12.4. The van der Waals surface area contributed by atoms with Crippen LogP contribution in [0.4, 0.5) is 14.6 Å². The van der Waals surface area contributed by atoms with Gasteiger partial charge in [0.05, 0.1) is 26.0 Å². The summed E-state index contributed by atoms with van der Waals surface area (Å²) in [4.78, 5) is 5.68. The van der Waals surface area contributed by atoms with Gasteiger partial charge in [0, 0.05) is 61.2 Å². The van der Waals surface area contributed by atoms with E-state index in [0.717, 1.165) is 66.3 Å². The van der Waals surface area contributed by atoms with E-state index in [1.807, 2.05) is 6.92 Å². The number of methoxy groups -OCH3 is 2. The molecule has 36 heavy (non-hydrogen) atoms. The first-order chi connectivity index (χ1) is 17.4. The first kappa shape index (κ1) is 24.4. The molecular formula is C27H33F2N5O2. The lowest BCUT2D eigenvalue weighted by molar-refractivity contribution is 0.187. The second-order valence-electron chi connectivity index (χ2n) is 9.46. The predicted octanol–water partition coefficient (Wildman–Crippen LogP) is 5.03. The summed E-state index contributed by atoms with van der Waals surface area (Å²) in [5, 5.41) is 8.27. The molecule has 0 radical (unpaired) electrons. The van der Waals surface area contributed by atoms with Crippen LogP contribution in [-0.4, -0.2) is 60.1 Å². The van der Waals surface area contributed by atoms with Crippen molar-refractivity contribution in [2.75, 3.05) is 45.7 Å². The monoisotopic (exact) mass is 497 g/mol. The van der Waals surface area contributed by atoms with E-state index < -0.39 is 11.6 Å². The molecule has 0 amide bonds. The summed E-state index contributed by atoms with van der Waals surface area (Å²) < 4.78 is 42.4. The molecule has 0 bridgehead atoms. The van der Waals surface area contributed by atoms with E-state index in [9.17, 15) is 0 Å². The van der Waals surface area contributed by atoms with Crippen LogP contribution in [0.5, 0.6) is 11.5 Å². The van der Waals surface area contributed by atoms with E-state index in [-0.39, 0.29) is 23.5 Å². The topological polar surface area (TPSA) is 67.3 Å². The van der Waals surface area contributed by atoms with Gasteiger partial charge in [-0.15, -0.1) is 0 Å². The highest BCUT2D eigenvalue weighted by atomic mass is 19.1. The second-order valence-corrected chi connectivity index (χ2v) is 9.46. The average molecular weight is 498 g/mol.